The summed E-state index contributed by atoms with van der Waals surface area (Å²) in [7, 11) is 3.11. The third-order valence-electron chi connectivity index (χ3n) is 10.2. The molecule has 12 nitrogen and oxygen atoms in total. The second-order valence-corrected chi connectivity index (χ2v) is 13.9. The molecule has 1 aromatic rings. The molecule has 2 saturated heterocycles. The van der Waals surface area contributed by atoms with Gasteiger partial charge >= 0.3 is 12.1 Å². The van der Waals surface area contributed by atoms with Gasteiger partial charge in [-0.3, -0.25) is 14.9 Å². The molecule has 1 aromatic carbocycles. The number of aliphatic hydroxyl groups excluding tert-OH is 1. The summed E-state index contributed by atoms with van der Waals surface area (Å²) in [6, 6.07) is 2.85. The summed E-state index contributed by atoms with van der Waals surface area (Å²) in [5, 5.41) is 24.3. The first-order valence-electron chi connectivity index (χ1n) is 16.3. The number of carbonyl (C=O) groups is 4. The van der Waals surface area contributed by atoms with Crippen LogP contribution in [0.3, 0.4) is 0 Å². The highest BCUT2D eigenvalue weighted by Gasteiger charge is 2.64. The van der Waals surface area contributed by atoms with Gasteiger partial charge in [0.15, 0.2) is 0 Å². The Morgan fingerprint density at radius 3 is 2.58 bits per heavy atom. The van der Waals surface area contributed by atoms with E-state index in [2.05, 4.69) is 17.9 Å². The average Bonchev–Trinajstić information content (AvgIpc) is 3.74. The van der Waals surface area contributed by atoms with Crippen molar-refractivity contribution in [3.05, 3.63) is 52.6 Å². The number of anilines is 1. The first-order chi connectivity index (χ1) is 22.4. The molecule has 3 N–H and O–H groups in total. The molecule has 4 rings (SSSR count). The second-order valence-electron chi connectivity index (χ2n) is 13.6. The molecule has 0 aromatic heterocycles. The lowest BCUT2D eigenvalue weighted by Crippen LogP contribution is -2.60. The van der Waals surface area contributed by atoms with E-state index < -0.39 is 59.6 Å². The van der Waals surface area contributed by atoms with E-state index in [1.807, 2.05) is 51.1 Å². The maximum Gasteiger partial charge on any atom is 0.409 e. The van der Waals surface area contributed by atoms with Crippen molar-refractivity contribution in [3.8, 4) is 0 Å². The maximum atomic E-state index is 14.0. The Hall–Kier alpha value is -3.39. The molecule has 264 valence electrons. The molecule has 2 fully saturated rings. The predicted octanol–water partition coefficient (Wildman–Crippen LogP) is 3.20. The fourth-order valence-electron chi connectivity index (χ4n) is 6.54. The van der Waals surface area contributed by atoms with Crippen LogP contribution in [0, 0.1) is 18.8 Å². The number of fused-ring (bicyclic) bond motifs is 5. The average molecular weight is 688 g/mol. The molecule has 3 aliphatic heterocycles. The van der Waals surface area contributed by atoms with Gasteiger partial charge in [-0.1, -0.05) is 43.7 Å². The number of ether oxygens (including phenoxy) is 3. The van der Waals surface area contributed by atoms with E-state index in [0.717, 1.165) is 16.7 Å². The lowest BCUT2D eigenvalue weighted by Gasteiger charge is -2.41. The quantitative estimate of drug-likeness (QED) is 0.207. The molecular formula is C35H49N3O9S. The number of amides is 3. The Balaban J connectivity index is 1.77. The zero-order valence-corrected chi connectivity index (χ0v) is 29.9. The van der Waals surface area contributed by atoms with Crippen molar-refractivity contribution in [2.45, 2.75) is 103 Å². The summed E-state index contributed by atoms with van der Waals surface area (Å²) in [4.78, 5) is 55.2. The second kappa shape index (κ2) is 14.6. The summed E-state index contributed by atoms with van der Waals surface area (Å²) in [6.07, 6.45) is 2.72. The van der Waals surface area contributed by atoms with Gasteiger partial charge in [-0.15, -0.1) is 0 Å². The minimum atomic E-state index is -1.60. The summed E-state index contributed by atoms with van der Waals surface area (Å²) in [5.74, 6) is -2.50. The van der Waals surface area contributed by atoms with Gasteiger partial charge in [-0.25, -0.2) is 9.59 Å². The molecule has 48 heavy (non-hydrogen) atoms. The number of esters is 1. The van der Waals surface area contributed by atoms with Crippen molar-refractivity contribution in [1.82, 2.24) is 10.2 Å². The predicted molar refractivity (Wildman–Crippen MR) is 182 cm³/mol. The summed E-state index contributed by atoms with van der Waals surface area (Å²) >= 11 is 4.02. The Labute approximate surface area is 287 Å². The number of rotatable bonds is 5. The highest BCUT2D eigenvalue weighted by Crippen LogP contribution is 2.49. The van der Waals surface area contributed by atoms with Gasteiger partial charge in [0.25, 0.3) is 0 Å². The zero-order valence-electron chi connectivity index (χ0n) is 29.0. The van der Waals surface area contributed by atoms with Gasteiger partial charge in [0.05, 0.1) is 24.9 Å². The molecule has 3 amide bonds. The van der Waals surface area contributed by atoms with Crippen LogP contribution < -0.4 is 10.2 Å². The van der Waals surface area contributed by atoms with Crippen LogP contribution in [0.5, 0.6) is 0 Å². The van der Waals surface area contributed by atoms with Crippen LogP contribution in [0.25, 0.3) is 0 Å². The Morgan fingerprint density at radius 2 is 1.94 bits per heavy atom. The van der Waals surface area contributed by atoms with Crippen molar-refractivity contribution in [2.75, 3.05) is 24.7 Å². The van der Waals surface area contributed by atoms with Crippen molar-refractivity contribution < 1.29 is 43.6 Å². The number of aliphatic hydroxyl groups is 2. The third-order valence-corrected chi connectivity index (χ3v) is 10.5. The van der Waals surface area contributed by atoms with Crippen molar-refractivity contribution in [2.24, 2.45) is 11.8 Å². The van der Waals surface area contributed by atoms with Crippen LogP contribution in [0.2, 0.25) is 0 Å². The van der Waals surface area contributed by atoms with E-state index >= 15 is 0 Å². The normalized spacial score (nSPS) is 33.3. The number of allylic oxidation sites excluding steroid dienone is 3. The highest BCUT2D eigenvalue weighted by atomic mass is 32.1. The maximum absolute atomic E-state index is 14.0. The molecule has 0 aliphatic carbocycles. The molecule has 8 atom stereocenters. The van der Waals surface area contributed by atoms with Gasteiger partial charge in [0, 0.05) is 38.0 Å². The van der Waals surface area contributed by atoms with Crippen LogP contribution in [0.1, 0.15) is 64.2 Å². The molecule has 0 saturated carbocycles. The van der Waals surface area contributed by atoms with Crippen LogP contribution in [-0.2, 0) is 41.6 Å². The van der Waals surface area contributed by atoms with Gasteiger partial charge in [-0.2, -0.15) is 12.6 Å². The summed E-state index contributed by atoms with van der Waals surface area (Å²) in [6.45, 7) is 10.5. The fourth-order valence-corrected chi connectivity index (χ4v) is 6.76. The van der Waals surface area contributed by atoms with E-state index in [1.54, 1.807) is 20.9 Å². The lowest BCUT2D eigenvalue weighted by atomic mass is 9.82. The number of epoxide rings is 1. The smallest absolute Gasteiger partial charge is 0.409 e. The minimum Gasteiger partial charge on any atom is -0.457 e. The van der Waals surface area contributed by atoms with Crippen LogP contribution >= 0.6 is 12.6 Å². The van der Waals surface area contributed by atoms with Gasteiger partial charge < -0.3 is 34.2 Å². The first-order valence-corrected chi connectivity index (χ1v) is 16.9. The number of nitrogens with zero attached hydrogens (tertiary/aromatic N) is 2. The largest absolute Gasteiger partial charge is 0.457 e. The summed E-state index contributed by atoms with van der Waals surface area (Å²) < 4.78 is 17.9. The van der Waals surface area contributed by atoms with Crippen LogP contribution in [0.15, 0.2) is 35.9 Å². The number of likely N-dealkylation sites (N-methyl/N-ethyl adjacent to an activating group) is 1. The van der Waals surface area contributed by atoms with Gasteiger partial charge in [0.2, 0.25) is 11.8 Å². The number of hydrogen-bond acceptors (Lipinski definition) is 10. The van der Waals surface area contributed by atoms with Crippen molar-refractivity contribution in [3.63, 3.8) is 0 Å². The Bertz CT molecular complexity index is 1500. The lowest BCUT2D eigenvalue weighted by molar-refractivity contribution is -0.161. The number of benzene rings is 1. The van der Waals surface area contributed by atoms with E-state index in [4.69, 9.17) is 14.2 Å². The van der Waals surface area contributed by atoms with Crippen molar-refractivity contribution in [1.29, 1.82) is 0 Å². The molecular weight excluding hydrogens is 638 g/mol. The standard InChI is InChI=1S/C35H49N3O9S/c1-19-10-9-11-20(2)35(44)16-27(45-33(43)36-35)22(4)31-34(6,47-31)28(46-32(42)23(5)37(7)30(41)18-48)15-29(40)38(8)26-14-24(12-19)13-25(17-39)21(26)3/h9-11,13-14,20,22-23,27-28,31,39,44,48H,12,15-18H2,1-8H3,(H,36,43)/b11-9+,19-10+. The van der Waals surface area contributed by atoms with E-state index in [-0.39, 0.29) is 37.0 Å². The molecule has 3 heterocycles. The topological polar surface area (TPSA) is 158 Å². The highest BCUT2D eigenvalue weighted by molar-refractivity contribution is 7.81. The number of carbonyl (C=O) groups excluding carboxylic acids is 4. The molecule has 8 unspecified atom stereocenters. The molecule has 13 heteroatoms. The Morgan fingerprint density at radius 1 is 1.25 bits per heavy atom. The van der Waals surface area contributed by atoms with Crippen LogP contribution in [-0.4, -0.2) is 94.5 Å². The van der Waals surface area contributed by atoms with E-state index in [1.165, 1.54) is 23.8 Å². The molecule has 4 bridgehead atoms. The molecule has 3 aliphatic rings. The van der Waals surface area contributed by atoms with Gasteiger partial charge in [-0.05, 0) is 56.9 Å². The fraction of sp³-hybridized carbons (Fsp3) is 0.600. The van der Waals surface area contributed by atoms with Gasteiger partial charge in [0.1, 0.15) is 29.6 Å². The van der Waals surface area contributed by atoms with E-state index in [0.29, 0.717) is 17.7 Å². The minimum absolute atomic E-state index is 0.0683. The SMILES string of the molecule is C/C1=C\C=C\C(C)C2(O)CC(OC(=O)N2)C(C)C2OC2(C)C(OC(=O)C(C)N(C)C(=O)CS)CC(=O)N(C)c2cc(cc(CO)c2C)C1. The number of nitrogens with one attached hydrogen (secondary N) is 1. The van der Waals surface area contributed by atoms with E-state index in [9.17, 15) is 29.4 Å². The number of thiol groups is 1. The zero-order chi connectivity index (χ0) is 35.7. The summed E-state index contributed by atoms with van der Waals surface area (Å²) in [5.41, 5.74) is 1.13. The Kier molecular flexibility index (Phi) is 11.4. The van der Waals surface area contributed by atoms with Crippen molar-refractivity contribution >= 4 is 42.2 Å². The molecule has 0 radical (unpaired) electrons. The number of hydrogen-bond donors (Lipinski definition) is 4. The first kappa shape index (κ1) is 37.4. The number of alkyl carbamates (subject to hydrolysis) is 1. The van der Waals surface area contributed by atoms with Crippen LogP contribution in [0.4, 0.5) is 10.5 Å². The third kappa shape index (κ3) is 7.74. The monoisotopic (exact) mass is 687 g/mol. The molecule has 0 spiro atoms.